The van der Waals surface area contributed by atoms with Gasteiger partial charge in [-0.25, -0.2) is 8.78 Å². The Bertz CT molecular complexity index is 627. The SMILES string of the molecule is CCNC(c1cc(C)c(F)c(C)c1)c1cccc(C)c1F. The third kappa shape index (κ3) is 3.13. The maximum Gasteiger partial charge on any atom is 0.131 e. The van der Waals surface area contributed by atoms with Gasteiger partial charge in [0.25, 0.3) is 0 Å². The topological polar surface area (TPSA) is 12.0 Å². The largest absolute Gasteiger partial charge is 0.306 e. The van der Waals surface area contributed by atoms with Crippen LogP contribution in [0.1, 0.15) is 40.8 Å². The number of rotatable bonds is 4. The maximum absolute atomic E-state index is 14.4. The van der Waals surface area contributed by atoms with E-state index in [9.17, 15) is 8.78 Å². The molecule has 1 unspecified atom stereocenters. The van der Waals surface area contributed by atoms with E-state index >= 15 is 0 Å². The van der Waals surface area contributed by atoms with Crippen LogP contribution in [0.3, 0.4) is 0 Å². The fourth-order valence-corrected chi connectivity index (χ4v) is 2.65. The van der Waals surface area contributed by atoms with Gasteiger partial charge in [-0.2, -0.15) is 0 Å². The molecule has 0 amide bonds. The lowest BCUT2D eigenvalue weighted by Crippen LogP contribution is -2.23. The van der Waals surface area contributed by atoms with Crippen molar-refractivity contribution in [3.63, 3.8) is 0 Å². The Morgan fingerprint density at radius 1 is 0.952 bits per heavy atom. The van der Waals surface area contributed by atoms with Gasteiger partial charge in [-0.05, 0) is 49.6 Å². The van der Waals surface area contributed by atoms with E-state index in [2.05, 4.69) is 5.32 Å². The molecule has 2 aromatic carbocycles. The number of hydrogen-bond acceptors (Lipinski definition) is 1. The van der Waals surface area contributed by atoms with Crippen LogP contribution < -0.4 is 5.32 Å². The van der Waals surface area contributed by atoms with Crippen molar-refractivity contribution in [1.82, 2.24) is 5.32 Å². The fraction of sp³-hybridized carbons (Fsp3) is 0.333. The monoisotopic (exact) mass is 289 g/mol. The lowest BCUT2D eigenvalue weighted by molar-refractivity contribution is 0.551. The Kier molecular flexibility index (Phi) is 4.73. The molecule has 0 saturated heterocycles. The third-order valence-electron chi connectivity index (χ3n) is 3.73. The summed E-state index contributed by atoms with van der Waals surface area (Å²) in [5.41, 5.74) is 3.27. The van der Waals surface area contributed by atoms with Crippen LogP contribution in [0.15, 0.2) is 30.3 Å². The second kappa shape index (κ2) is 6.35. The van der Waals surface area contributed by atoms with Crippen molar-refractivity contribution in [2.75, 3.05) is 6.54 Å². The molecule has 21 heavy (non-hydrogen) atoms. The van der Waals surface area contributed by atoms with E-state index in [0.29, 0.717) is 28.8 Å². The van der Waals surface area contributed by atoms with Gasteiger partial charge < -0.3 is 5.32 Å². The predicted octanol–water partition coefficient (Wildman–Crippen LogP) is 4.59. The van der Waals surface area contributed by atoms with Gasteiger partial charge in [0.2, 0.25) is 0 Å². The molecule has 0 fully saturated rings. The average molecular weight is 289 g/mol. The highest BCUT2D eigenvalue weighted by Crippen LogP contribution is 2.28. The van der Waals surface area contributed by atoms with Gasteiger partial charge in [0.1, 0.15) is 11.6 Å². The molecule has 112 valence electrons. The van der Waals surface area contributed by atoms with E-state index in [1.54, 1.807) is 45.0 Å². The number of aryl methyl sites for hydroxylation is 3. The summed E-state index contributed by atoms with van der Waals surface area (Å²) >= 11 is 0. The van der Waals surface area contributed by atoms with Crippen molar-refractivity contribution in [1.29, 1.82) is 0 Å². The van der Waals surface area contributed by atoms with Crippen molar-refractivity contribution in [3.05, 3.63) is 69.8 Å². The van der Waals surface area contributed by atoms with Crippen LogP contribution in [0.5, 0.6) is 0 Å². The zero-order valence-corrected chi connectivity index (χ0v) is 12.9. The first-order chi connectivity index (χ1) is 9.95. The lowest BCUT2D eigenvalue weighted by Gasteiger charge is -2.21. The van der Waals surface area contributed by atoms with Crippen molar-refractivity contribution in [3.8, 4) is 0 Å². The molecule has 0 aliphatic rings. The van der Waals surface area contributed by atoms with Gasteiger partial charge in [0.05, 0.1) is 6.04 Å². The van der Waals surface area contributed by atoms with Crippen molar-refractivity contribution >= 4 is 0 Å². The highest BCUT2D eigenvalue weighted by atomic mass is 19.1. The predicted molar refractivity (Wildman–Crippen MR) is 82.5 cm³/mol. The maximum atomic E-state index is 14.4. The second-order valence-corrected chi connectivity index (χ2v) is 5.44. The molecule has 2 aromatic rings. The molecule has 0 saturated carbocycles. The van der Waals surface area contributed by atoms with Crippen LogP contribution in [0.2, 0.25) is 0 Å². The zero-order chi connectivity index (χ0) is 15.6. The highest BCUT2D eigenvalue weighted by molar-refractivity contribution is 5.39. The molecule has 0 radical (unpaired) electrons. The van der Waals surface area contributed by atoms with E-state index in [-0.39, 0.29) is 17.7 Å². The first-order valence-corrected chi connectivity index (χ1v) is 7.20. The van der Waals surface area contributed by atoms with Crippen molar-refractivity contribution in [2.45, 2.75) is 33.7 Å². The molecule has 0 heterocycles. The van der Waals surface area contributed by atoms with Crippen molar-refractivity contribution < 1.29 is 8.78 Å². The van der Waals surface area contributed by atoms with E-state index < -0.39 is 0 Å². The molecule has 0 aromatic heterocycles. The summed E-state index contributed by atoms with van der Waals surface area (Å²) in [6, 6.07) is 8.69. The molecular formula is C18H21F2N. The minimum absolute atomic E-state index is 0.196. The van der Waals surface area contributed by atoms with E-state index in [1.165, 1.54) is 0 Å². The van der Waals surface area contributed by atoms with Crippen LogP contribution in [0, 0.1) is 32.4 Å². The van der Waals surface area contributed by atoms with Crippen LogP contribution in [0.25, 0.3) is 0 Å². The number of hydrogen-bond donors (Lipinski definition) is 1. The van der Waals surface area contributed by atoms with Crippen LogP contribution in [-0.4, -0.2) is 6.54 Å². The third-order valence-corrected chi connectivity index (χ3v) is 3.73. The van der Waals surface area contributed by atoms with Gasteiger partial charge in [0.15, 0.2) is 0 Å². The Balaban J connectivity index is 2.56. The molecule has 0 bridgehead atoms. The lowest BCUT2D eigenvalue weighted by atomic mass is 9.94. The van der Waals surface area contributed by atoms with E-state index in [4.69, 9.17) is 0 Å². The first-order valence-electron chi connectivity index (χ1n) is 7.20. The first kappa shape index (κ1) is 15.6. The number of halogens is 2. The summed E-state index contributed by atoms with van der Waals surface area (Å²) < 4.78 is 28.2. The van der Waals surface area contributed by atoms with Gasteiger partial charge in [-0.1, -0.05) is 37.3 Å². The minimum atomic E-state index is -0.270. The second-order valence-electron chi connectivity index (χ2n) is 5.44. The molecular weight excluding hydrogens is 268 g/mol. The van der Waals surface area contributed by atoms with Gasteiger partial charge in [-0.3, -0.25) is 0 Å². The summed E-state index contributed by atoms with van der Waals surface area (Å²) in [4.78, 5) is 0. The number of benzene rings is 2. The van der Waals surface area contributed by atoms with Crippen molar-refractivity contribution in [2.24, 2.45) is 0 Å². The molecule has 1 atom stereocenters. The zero-order valence-electron chi connectivity index (χ0n) is 12.9. The minimum Gasteiger partial charge on any atom is -0.306 e. The Hall–Kier alpha value is -1.74. The van der Waals surface area contributed by atoms with E-state index in [0.717, 1.165) is 5.56 Å². The smallest absolute Gasteiger partial charge is 0.131 e. The molecule has 0 spiro atoms. The Morgan fingerprint density at radius 2 is 1.57 bits per heavy atom. The summed E-state index contributed by atoms with van der Waals surface area (Å²) in [7, 11) is 0. The van der Waals surface area contributed by atoms with Crippen LogP contribution in [0.4, 0.5) is 8.78 Å². The summed E-state index contributed by atoms with van der Waals surface area (Å²) in [5.74, 6) is -0.401. The quantitative estimate of drug-likeness (QED) is 0.868. The fourth-order valence-electron chi connectivity index (χ4n) is 2.65. The molecule has 3 heteroatoms. The highest BCUT2D eigenvalue weighted by Gasteiger charge is 2.19. The van der Waals surface area contributed by atoms with Crippen LogP contribution >= 0.6 is 0 Å². The standard InChI is InChI=1S/C18H21F2N/c1-5-21-18(15-8-6-7-11(2)17(15)20)14-9-12(3)16(19)13(4)10-14/h6-10,18,21H,5H2,1-4H3. The number of nitrogens with one attached hydrogen (secondary N) is 1. The van der Waals surface area contributed by atoms with Crippen LogP contribution in [-0.2, 0) is 0 Å². The molecule has 0 aliphatic carbocycles. The Labute approximate surface area is 125 Å². The molecule has 2 rings (SSSR count). The Morgan fingerprint density at radius 3 is 2.14 bits per heavy atom. The molecule has 1 N–H and O–H groups in total. The summed E-state index contributed by atoms with van der Waals surface area (Å²) in [6.45, 7) is 7.91. The van der Waals surface area contributed by atoms with Gasteiger partial charge >= 0.3 is 0 Å². The molecule has 1 nitrogen and oxygen atoms in total. The van der Waals surface area contributed by atoms with Gasteiger partial charge in [0, 0.05) is 5.56 Å². The molecule has 0 aliphatic heterocycles. The average Bonchev–Trinajstić information content (AvgIpc) is 2.45. The summed E-state index contributed by atoms with van der Waals surface area (Å²) in [5, 5.41) is 3.29. The van der Waals surface area contributed by atoms with Gasteiger partial charge in [-0.15, -0.1) is 0 Å². The summed E-state index contributed by atoms with van der Waals surface area (Å²) in [6.07, 6.45) is 0. The van der Waals surface area contributed by atoms with E-state index in [1.807, 2.05) is 13.0 Å². The normalized spacial score (nSPS) is 12.5.